The molecule has 1 unspecified atom stereocenters. The van der Waals surface area contributed by atoms with Crippen molar-refractivity contribution < 1.29 is 22.8 Å². The van der Waals surface area contributed by atoms with Crippen molar-refractivity contribution in [2.45, 2.75) is 43.7 Å². The smallest absolute Gasteiger partial charge is 0.260 e. The van der Waals surface area contributed by atoms with Gasteiger partial charge in [-0.05, 0) is 49.4 Å². The third kappa shape index (κ3) is 6.59. The molecule has 0 radical (unpaired) electrons. The second-order valence-corrected chi connectivity index (χ2v) is 11.4. The minimum absolute atomic E-state index is 0.0390. The average Bonchev–Trinajstić information content (AvgIpc) is 3.10. The number of nitrogens with zero attached hydrogens (tertiary/aromatic N) is 3. The molecule has 2 amide bonds. The topological polar surface area (TPSA) is 138 Å². The van der Waals surface area contributed by atoms with Gasteiger partial charge in [-0.25, -0.2) is 13.4 Å². The minimum atomic E-state index is -3.89. The van der Waals surface area contributed by atoms with Gasteiger partial charge in [0.15, 0.2) is 10.8 Å². The van der Waals surface area contributed by atoms with Gasteiger partial charge in [0.2, 0.25) is 5.91 Å². The molecular weight excluding hydrogens is 506 g/mol. The lowest BCUT2D eigenvalue weighted by Gasteiger charge is -2.19. The third-order valence-electron chi connectivity index (χ3n) is 6.53. The molecule has 38 heavy (non-hydrogen) atoms. The zero-order chi connectivity index (χ0) is 27.1. The first-order valence-corrected chi connectivity index (χ1v) is 14.0. The van der Waals surface area contributed by atoms with Gasteiger partial charge in [-0.1, -0.05) is 31.2 Å². The summed E-state index contributed by atoms with van der Waals surface area (Å²) in [6.07, 6.45) is 4.60. The molecule has 0 saturated carbocycles. The average molecular weight is 538 g/mol. The number of hydrogen-bond donors (Lipinski definition) is 2. The lowest BCUT2D eigenvalue weighted by molar-refractivity contribution is -0.128. The Bertz CT molecular complexity index is 1410. The van der Waals surface area contributed by atoms with Crippen molar-refractivity contribution in [2.75, 3.05) is 19.6 Å². The molecule has 11 heteroatoms. The van der Waals surface area contributed by atoms with Crippen LogP contribution in [0.1, 0.15) is 43.0 Å². The summed E-state index contributed by atoms with van der Waals surface area (Å²) in [7, 11) is -3.89. The van der Waals surface area contributed by atoms with E-state index in [0.29, 0.717) is 36.9 Å². The molecule has 3 aromatic rings. The molecule has 200 valence electrons. The highest BCUT2D eigenvalue weighted by Crippen LogP contribution is 2.19. The number of Topliss-reactive ketones (excluding diaryl/α,β-unsaturated/α-hetero) is 1. The second kappa shape index (κ2) is 12.2. The van der Waals surface area contributed by atoms with Gasteiger partial charge in [0.1, 0.15) is 0 Å². The summed E-state index contributed by atoms with van der Waals surface area (Å²) < 4.78 is 26.8. The fourth-order valence-corrected chi connectivity index (χ4v) is 5.85. The number of amides is 2. The molecule has 1 aromatic carbocycles. The van der Waals surface area contributed by atoms with Crippen molar-refractivity contribution in [3.05, 3.63) is 66.5 Å². The summed E-state index contributed by atoms with van der Waals surface area (Å²) in [5.41, 5.74) is 1.14. The Morgan fingerprint density at radius 1 is 1.08 bits per heavy atom. The van der Waals surface area contributed by atoms with E-state index in [1.54, 1.807) is 24.4 Å². The van der Waals surface area contributed by atoms with Gasteiger partial charge in [0, 0.05) is 37.3 Å². The number of ketones is 1. The van der Waals surface area contributed by atoms with Crippen LogP contribution in [0.2, 0.25) is 0 Å². The van der Waals surface area contributed by atoms with Crippen molar-refractivity contribution >= 4 is 38.5 Å². The van der Waals surface area contributed by atoms with Crippen LogP contribution in [0, 0.1) is 5.92 Å². The fourth-order valence-electron chi connectivity index (χ4n) is 4.47. The molecule has 1 aliphatic rings. The molecule has 2 N–H and O–H groups in total. The van der Waals surface area contributed by atoms with E-state index in [2.05, 4.69) is 20.6 Å². The number of aromatic nitrogens is 2. The second-order valence-electron chi connectivity index (χ2n) is 9.47. The highest BCUT2D eigenvalue weighted by atomic mass is 32.2. The monoisotopic (exact) mass is 537 g/mol. The van der Waals surface area contributed by atoms with Crippen LogP contribution in [-0.2, 0) is 19.6 Å². The number of nitrogens with one attached hydrogen (secondary N) is 2. The first-order valence-electron chi connectivity index (χ1n) is 12.6. The number of carbonyl (C=O) groups is 3. The van der Waals surface area contributed by atoms with Crippen molar-refractivity contribution in [3.63, 3.8) is 0 Å². The van der Waals surface area contributed by atoms with Gasteiger partial charge in [-0.3, -0.25) is 19.4 Å². The molecular formula is C27H31N5O5S. The summed E-state index contributed by atoms with van der Waals surface area (Å²) >= 11 is 0. The molecule has 0 aliphatic carbocycles. The van der Waals surface area contributed by atoms with E-state index >= 15 is 0 Å². The van der Waals surface area contributed by atoms with Crippen LogP contribution in [0.5, 0.6) is 0 Å². The Morgan fingerprint density at radius 2 is 1.87 bits per heavy atom. The van der Waals surface area contributed by atoms with Gasteiger partial charge in [0.05, 0.1) is 23.7 Å². The van der Waals surface area contributed by atoms with Crippen molar-refractivity contribution in [1.29, 1.82) is 0 Å². The standard InChI is InChI=1S/C27H31N5O5S/c1-19(12-15-30-27(35)21-9-4-7-20-8-5-14-29-26(20)21)17-24(34)31-22-10-6-16-32(18-23(22)33)38(36,37)25-11-2-3-13-28-25/h2-5,7-9,11,13-14,19,22H,6,10,12,15-18H2,1H3,(H,30,35)(H,31,34)/t19?,22-/m0/s1. The van der Waals surface area contributed by atoms with Crippen LogP contribution < -0.4 is 10.6 Å². The Morgan fingerprint density at radius 3 is 2.66 bits per heavy atom. The lowest BCUT2D eigenvalue weighted by atomic mass is 10.0. The van der Waals surface area contributed by atoms with Gasteiger partial charge in [-0.2, -0.15) is 4.31 Å². The van der Waals surface area contributed by atoms with Gasteiger partial charge in [-0.15, -0.1) is 0 Å². The Kier molecular flexibility index (Phi) is 8.80. The fraction of sp³-hybridized carbons (Fsp3) is 0.370. The van der Waals surface area contributed by atoms with Crippen molar-refractivity contribution in [1.82, 2.24) is 24.9 Å². The minimum Gasteiger partial charge on any atom is -0.352 e. The zero-order valence-electron chi connectivity index (χ0n) is 21.2. The van der Waals surface area contributed by atoms with E-state index in [1.807, 2.05) is 31.2 Å². The van der Waals surface area contributed by atoms with Gasteiger partial charge in [0.25, 0.3) is 15.9 Å². The quantitative estimate of drug-likeness (QED) is 0.427. The number of benzene rings is 1. The molecule has 1 fully saturated rings. The van der Waals surface area contributed by atoms with E-state index in [1.165, 1.54) is 12.3 Å². The molecule has 3 heterocycles. The first-order chi connectivity index (χ1) is 18.3. The van der Waals surface area contributed by atoms with Gasteiger partial charge < -0.3 is 10.6 Å². The Hall–Kier alpha value is -3.70. The summed E-state index contributed by atoms with van der Waals surface area (Å²) in [5.74, 6) is -0.886. The van der Waals surface area contributed by atoms with Crippen molar-refractivity contribution in [3.8, 4) is 0 Å². The number of sulfonamides is 1. The maximum absolute atomic E-state index is 12.9. The van der Waals surface area contributed by atoms with E-state index in [0.717, 1.165) is 9.69 Å². The molecule has 4 rings (SSSR count). The van der Waals surface area contributed by atoms with Crippen LogP contribution in [0.15, 0.2) is 66.0 Å². The number of carbonyl (C=O) groups excluding carboxylic acids is 3. The van der Waals surface area contributed by atoms with Crippen LogP contribution in [0.25, 0.3) is 10.9 Å². The molecule has 2 atom stereocenters. The highest BCUT2D eigenvalue weighted by Gasteiger charge is 2.33. The normalized spacial score (nSPS) is 17.5. The van der Waals surface area contributed by atoms with E-state index in [-0.39, 0.29) is 48.1 Å². The summed E-state index contributed by atoms with van der Waals surface area (Å²) in [6.45, 7) is 2.16. The number of hydrogen-bond acceptors (Lipinski definition) is 7. The largest absolute Gasteiger partial charge is 0.352 e. The zero-order valence-corrected chi connectivity index (χ0v) is 22.0. The SMILES string of the molecule is CC(CCNC(=O)c1cccc2cccnc12)CC(=O)N[C@H]1CCCN(S(=O)(=O)c2ccccn2)CC1=O. The number of fused-ring (bicyclic) bond motifs is 1. The van der Waals surface area contributed by atoms with E-state index in [4.69, 9.17) is 0 Å². The maximum atomic E-state index is 12.9. The first kappa shape index (κ1) is 27.3. The predicted molar refractivity (Wildman–Crippen MR) is 142 cm³/mol. The van der Waals surface area contributed by atoms with Crippen LogP contribution >= 0.6 is 0 Å². The Labute approximate surface area is 221 Å². The number of pyridine rings is 2. The van der Waals surface area contributed by atoms with Crippen LogP contribution in [-0.4, -0.2) is 66.0 Å². The maximum Gasteiger partial charge on any atom is 0.260 e. The predicted octanol–water partition coefficient (Wildman–Crippen LogP) is 2.31. The molecule has 0 spiro atoms. The highest BCUT2D eigenvalue weighted by molar-refractivity contribution is 7.89. The Balaban J connectivity index is 1.24. The lowest BCUT2D eigenvalue weighted by Crippen LogP contribution is -2.44. The van der Waals surface area contributed by atoms with Gasteiger partial charge >= 0.3 is 0 Å². The summed E-state index contributed by atoms with van der Waals surface area (Å²) in [6, 6.07) is 13.0. The molecule has 10 nitrogen and oxygen atoms in total. The van der Waals surface area contributed by atoms with Crippen molar-refractivity contribution in [2.24, 2.45) is 5.92 Å². The van der Waals surface area contributed by atoms with Crippen LogP contribution in [0.4, 0.5) is 0 Å². The summed E-state index contributed by atoms with van der Waals surface area (Å²) in [4.78, 5) is 46.3. The number of rotatable bonds is 9. The van der Waals surface area contributed by atoms with E-state index in [9.17, 15) is 22.8 Å². The molecule has 0 bridgehead atoms. The molecule has 2 aromatic heterocycles. The van der Waals surface area contributed by atoms with Crippen LogP contribution in [0.3, 0.4) is 0 Å². The third-order valence-corrected chi connectivity index (χ3v) is 8.29. The molecule has 1 aliphatic heterocycles. The number of para-hydroxylation sites is 1. The van der Waals surface area contributed by atoms with E-state index < -0.39 is 16.1 Å². The summed E-state index contributed by atoms with van der Waals surface area (Å²) in [5, 5.41) is 6.45. The molecule has 1 saturated heterocycles.